The van der Waals surface area contributed by atoms with Gasteiger partial charge in [0, 0.05) is 5.75 Å². The molecule has 0 aliphatic rings. The van der Waals surface area contributed by atoms with Crippen LogP contribution in [0.4, 0.5) is 0 Å². The van der Waals surface area contributed by atoms with E-state index in [1.54, 1.807) is 23.1 Å². The van der Waals surface area contributed by atoms with Crippen molar-refractivity contribution < 1.29 is 0 Å². The lowest BCUT2D eigenvalue weighted by molar-refractivity contribution is 0.827. The Morgan fingerprint density at radius 2 is 1.86 bits per heavy atom. The summed E-state index contributed by atoms with van der Waals surface area (Å²) in [6, 6.07) is 20.4. The molecule has 0 radical (unpaired) electrons. The zero-order valence-corrected chi connectivity index (χ0v) is 16.5. The maximum Gasteiger partial charge on any atom is 0.217 e. The Kier molecular flexibility index (Phi) is 4.11. The lowest BCUT2D eigenvalue weighted by Gasteiger charge is -2.07. The van der Waals surface area contributed by atoms with Crippen molar-refractivity contribution in [1.29, 1.82) is 5.26 Å². The molecular formula is C20H14N6S2. The van der Waals surface area contributed by atoms with Crippen molar-refractivity contribution in [2.45, 2.75) is 17.8 Å². The van der Waals surface area contributed by atoms with E-state index in [9.17, 15) is 5.26 Å². The molecule has 8 heteroatoms. The average molecular weight is 403 g/mol. The minimum Gasteiger partial charge on any atom is -0.260 e. The first-order valence-corrected chi connectivity index (χ1v) is 10.5. The van der Waals surface area contributed by atoms with Gasteiger partial charge in [-0.15, -0.1) is 10.2 Å². The predicted octanol–water partition coefficient (Wildman–Crippen LogP) is 4.60. The van der Waals surface area contributed by atoms with E-state index in [-0.39, 0.29) is 0 Å². The summed E-state index contributed by atoms with van der Waals surface area (Å²) in [5.74, 6) is 0.573. The van der Waals surface area contributed by atoms with Crippen LogP contribution in [0.5, 0.6) is 0 Å². The third-order valence-electron chi connectivity index (χ3n) is 4.52. The Bertz CT molecular complexity index is 1340. The summed E-state index contributed by atoms with van der Waals surface area (Å²) in [5, 5.41) is 23.7. The Labute approximate surface area is 169 Å². The molecule has 0 spiro atoms. The molecule has 5 rings (SSSR count). The maximum absolute atomic E-state index is 9.65. The van der Waals surface area contributed by atoms with Crippen LogP contribution in [0.2, 0.25) is 0 Å². The molecular weight excluding hydrogens is 388 g/mol. The fourth-order valence-electron chi connectivity index (χ4n) is 3.22. The molecule has 0 aliphatic carbocycles. The first kappa shape index (κ1) is 17.0. The molecule has 3 heterocycles. The van der Waals surface area contributed by atoms with Crippen molar-refractivity contribution in [1.82, 2.24) is 24.4 Å². The molecule has 0 aliphatic heterocycles. The van der Waals surface area contributed by atoms with Gasteiger partial charge in [0.25, 0.3) is 0 Å². The van der Waals surface area contributed by atoms with E-state index < -0.39 is 0 Å². The van der Waals surface area contributed by atoms with Gasteiger partial charge in [-0.3, -0.25) is 4.40 Å². The van der Waals surface area contributed by atoms with Gasteiger partial charge >= 0.3 is 0 Å². The first-order chi connectivity index (χ1) is 13.8. The molecule has 136 valence electrons. The zero-order valence-electron chi connectivity index (χ0n) is 14.9. The summed E-state index contributed by atoms with van der Waals surface area (Å²) in [7, 11) is 0. The van der Waals surface area contributed by atoms with E-state index in [1.165, 1.54) is 4.70 Å². The van der Waals surface area contributed by atoms with E-state index in [1.807, 2.05) is 54.1 Å². The summed E-state index contributed by atoms with van der Waals surface area (Å²) in [4.78, 5) is 0.872. The van der Waals surface area contributed by atoms with Crippen LogP contribution in [0.15, 0.2) is 59.8 Å². The van der Waals surface area contributed by atoms with E-state index in [0.717, 1.165) is 32.7 Å². The molecule has 28 heavy (non-hydrogen) atoms. The first-order valence-electron chi connectivity index (χ1n) is 8.66. The third-order valence-corrected chi connectivity index (χ3v) is 6.47. The molecule has 3 aromatic heterocycles. The summed E-state index contributed by atoms with van der Waals surface area (Å²) in [5.41, 5.74) is 4.26. The number of thiazole rings is 1. The van der Waals surface area contributed by atoms with Crippen molar-refractivity contribution in [2.24, 2.45) is 0 Å². The predicted molar refractivity (Wildman–Crippen MR) is 111 cm³/mol. The molecule has 0 N–H and O–H groups in total. The number of hydrogen-bond donors (Lipinski definition) is 0. The topological polar surface area (TPSA) is 71.8 Å². The number of nitriles is 1. The normalized spacial score (nSPS) is 11.3. The largest absolute Gasteiger partial charge is 0.260 e. The van der Waals surface area contributed by atoms with Gasteiger partial charge in [0.15, 0.2) is 5.16 Å². The highest BCUT2D eigenvalue weighted by molar-refractivity contribution is 7.98. The van der Waals surface area contributed by atoms with Gasteiger partial charge in [0.1, 0.15) is 6.07 Å². The maximum atomic E-state index is 9.65. The second-order valence-electron chi connectivity index (χ2n) is 6.23. The standard InChI is InChI=1S/C20H14N6S2/c1-13-15(11-21)17(26(24-13)14-7-3-2-4-8-14)12-27-19-22-23-20-25(19)16-9-5-6-10-18(16)28-20/h2-10H,12H2,1H3. The van der Waals surface area contributed by atoms with Gasteiger partial charge in [-0.2, -0.15) is 10.4 Å². The fourth-order valence-corrected chi connectivity index (χ4v) is 5.19. The summed E-state index contributed by atoms with van der Waals surface area (Å²) in [6.07, 6.45) is 0. The van der Waals surface area contributed by atoms with E-state index in [0.29, 0.717) is 11.3 Å². The summed E-state index contributed by atoms with van der Waals surface area (Å²) in [6.45, 7) is 1.87. The summed E-state index contributed by atoms with van der Waals surface area (Å²) >= 11 is 3.19. The van der Waals surface area contributed by atoms with E-state index >= 15 is 0 Å². The molecule has 0 unspecified atom stereocenters. The Balaban J connectivity index is 1.56. The van der Waals surface area contributed by atoms with Crippen LogP contribution in [0.25, 0.3) is 20.9 Å². The lowest BCUT2D eigenvalue weighted by Crippen LogP contribution is -2.02. The van der Waals surface area contributed by atoms with Gasteiger partial charge in [-0.05, 0) is 31.2 Å². The highest BCUT2D eigenvalue weighted by atomic mass is 32.2. The Hall–Kier alpha value is -3.15. The fraction of sp³-hybridized carbons (Fsp3) is 0.100. The number of para-hydroxylation sites is 2. The monoisotopic (exact) mass is 402 g/mol. The Morgan fingerprint density at radius 3 is 2.68 bits per heavy atom. The van der Waals surface area contributed by atoms with Crippen molar-refractivity contribution in [3.8, 4) is 11.8 Å². The Morgan fingerprint density at radius 1 is 1.07 bits per heavy atom. The molecule has 0 bridgehead atoms. The number of nitrogens with zero attached hydrogens (tertiary/aromatic N) is 6. The molecule has 5 aromatic rings. The highest BCUT2D eigenvalue weighted by Gasteiger charge is 2.19. The number of thioether (sulfide) groups is 1. The summed E-state index contributed by atoms with van der Waals surface area (Å²) < 4.78 is 5.11. The molecule has 0 amide bonds. The second kappa shape index (κ2) is 6.78. The van der Waals surface area contributed by atoms with Gasteiger partial charge in [0.05, 0.1) is 32.9 Å². The smallest absolute Gasteiger partial charge is 0.217 e. The van der Waals surface area contributed by atoms with E-state index in [4.69, 9.17) is 0 Å². The molecule has 0 saturated carbocycles. The molecule has 0 fully saturated rings. The van der Waals surface area contributed by atoms with Crippen LogP contribution >= 0.6 is 23.1 Å². The number of aromatic nitrogens is 5. The number of rotatable bonds is 4. The third kappa shape index (κ3) is 2.68. The number of benzene rings is 2. The van der Waals surface area contributed by atoms with Crippen LogP contribution in [-0.2, 0) is 5.75 Å². The molecule has 6 nitrogen and oxygen atoms in total. The van der Waals surface area contributed by atoms with Gasteiger partial charge in [0.2, 0.25) is 4.96 Å². The van der Waals surface area contributed by atoms with Crippen LogP contribution in [0, 0.1) is 18.3 Å². The average Bonchev–Trinajstić information content (AvgIpc) is 3.38. The highest BCUT2D eigenvalue weighted by Crippen LogP contribution is 2.32. The number of hydrogen-bond acceptors (Lipinski definition) is 6. The molecule has 0 atom stereocenters. The van der Waals surface area contributed by atoms with Crippen molar-refractivity contribution in [2.75, 3.05) is 0 Å². The quantitative estimate of drug-likeness (QED) is 0.411. The molecule has 2 aromatic carbocycles. The van der Waals surface area contributed by atoms with Crippen molar-refractivity contribution >= 4 is 38.3 Å². The van der Waals surface area contributed by atoms with Crippen molar-refractivity contribution in [3.63, 3.8) is 0 Å². The number of fused-ring (bicyclic) bond motifs is 3. The van der Waals surface area contributed by atoms with Gasteiger partial charge < -0.3 is 0 Å². The second-order valence-corrected chi connectivity index (χ2v) is 8.18. The minimum atomic E-state index is 0.573. The zero-order chi connectivity index (χ0) is 19.1. The minimum absolute atomic E-state index is 0.573. The van der Waals surface area contributed by atoms with Crippen molar-refractivity contribution in [3.05, 3.63) is 71.5 Å². The van der Waals surface area contributed by atoms with E-state index in [2.05, 4.69) is 37.9 Å². The van der Waals surface area contributed by atoms with Crippen LogP contribution in [-0.4, -0.2) is 24.4 Å². The van der Waals surface area contributed by atoms with Crippen LogP contribution < -0.4 is 0 Å². The number of aryl methyl sites for hydroxylation is 1. The van der Waals surface area contributed by atoms with Gasteiger partial charge in [-0.1, -0.05) is 53.4 Å². The van der Waals surface area contributed by atoms with Gasteiger partial charge in [-0.25, -0.2) is 4.68 Å². The SMILES string of the molecule is Cc1nn(-c2ccccc2)c(CSc2nnc3sc4ccccc4n23)c1C#N. The van der Waals surface area contributed by atoms with Crippen LogP contribution in [0.3, 0.4) is 0 Å². The molecule has 0 saturated heterocycles. The van der Waals surface area contributed by atoms with Crippen LogP contribution in [0.1, 0.15) is 17.0 Å². The lowest BCUT2D eigenvalue weighted by atomic mass is 10.2.